The van der Waals surface area contributed by atoms with Crippen molar-refractivity contribution in [3.63, 3.8) is 0 Å². The van der Waals surface area contributed by atoms with E-state index in [1.165, 1.54) is 24.1 Å². The van der Waals surface area contributed by atoms with Crippen molar-refractivity contribution in [3.05, 3.63) is 64.7 Å². The van der Waals surface area contributed by atoms with Crippen molar-refractivity contribution in [3.8, 4) is 0 Å². The molecule has 186 valence electrons. The van der Waals surface area contributed by atoms with E-state index >= 15 is 0 Å². The second kappa shape index (κ2) is 12.3. The van der Waals surface area contributed by atoms with Crippen LogP contribution in [0, 0.1) is 6.92 Å². The number of amides is 2. The van der Waals surface area contributed by atoms with Crippen molar-refractivity contribution < 1.29 is 18.0 Å². The van der Waals surface area contributed by atoms with Crippen LogP contribution in [0.5, 0.6) is 0 Å². The predicted molar refractivity (Wildman–Crippen MR) is 135 cm³/mol. The molecule has 2 rings (SSSR count). The van der Waals surface area contributed by atoms with E-state index in [0.29, 0.717) is 17.0 Å². The Hall–Kier alpha value is -2.42. The molecule has 0 saturated heterocycles. The average Bonchev–Trinajstić information content (AvgIpc) is 2.80. The van der Waals surface area contributed by atoms with Gasteiger partial charge in [0, 0.05) is 24.7 Å². The van der Waals surface area contributed by atoms with Gasteiger partial charge in [0.25, 0.3) is 0 Å². The highest BCUT2D eigenvalue weighted by Gasteiger charge is 2.32. The fraction of sp³-hybridized carbons (Fsp3) is 0.440. The molecule has 0 aliphatic rings. The summed E-state index contributed by atoms with van der Waals surface area (Å²) < 4.78 is 27.1. The van der Waals surface area contributed by atoms with Crippen molar-refractivity contribution in [2.24, 2.45) is 0 Å². The molecule has 34 heavy (non-hydrogen) atoms. The van der Waals surface area contributed by atoms with Crippen molar-refractivity contribution in [1.29, 1.82) is 0 Å². The number of nitrogens with one attached hydrogen (secondary N) is 1. The van der Waals surface area contributed by atoms with Gasteiger partial charge >= 0.3 is 0 Å². The smallest absolute Gasteiger partial charge is 0.243 e. The van der Waals surface area contributed by atoms with Gasteiger partial charge in [-0.15, -0.1) is 0 Å². The summed E-state index contributed by atoms with van der Waals surface area (Å²) in [7, 11) is -2.52. The Balaban J connectivity index is 2.34. The molecule has 2 amide bonds. The molecule has 0 spiro atoms. The van der Waals surface area contributed by atoms with E-state index in [1.54, 1.807) is 36.4 Å². The second-order valence-electron chi connectivity index (χ2n) is 8.43. The number of likely N-dealkylation sites (N-methyl/N-ethyl adjacent to an activating group) is 1. The number of hydrogen-bond acceptors (Lipinski definition) is 4. The van der Waals surface area contributed by atoms with Crippen LogP contribution in [0.3, 0.4) is 0 Å². The molecule has 0 aromatic heterocycles. The van der Waals surface area contributed by atoms with Crippen LogP contribution in [0.4, 0.5) is 0 Å². The fourth-order valence-corrected chi connectivity index (χ4v) is 4.74. The number of nitrogens with zero attached hydrogens (tertiary/aromatic N) is 2. The van der Waals surface area contributed by atoms with Crippen LogP contribution in [0.2, 0.25) is 5.02 Å². The van der Waals surface area contributed by atoms with Gasteiger partial charge in [0.05, 0.1) is 11.4 Å². The molecule has 0 saturated carbocycles. The Labute approximate surface area is 208 Å². The topological polar surface area (TPSA) is 86.8 Å². The number of benzene rings is 2. The van der Waals surface area contributed by atoms with Crippen molar-refractivity contribution in [2.75, 3.05) is 13.6 Å². The summed E-state index contributed by atoms with van der Waals surface area (Å²) in [4.78, 5) is 28.0. The summed E-state index contributed by atoms with van der Waals surface area (Å²) in [5.74, 6) is -0.759. The first-order valence-electron chi connectivity index (χ1n) is 11.4. The maximum atomic E-state index is 13.5. The SMILES string of the molecule is CC[C@@H](C)NC(=O)[C@H](CC)N(Cc1ccccc1Cl)C(=O)CN(C)S(=O)(=O)c1ccc(C)cc1. The van der Waals surface area contributed by atoms with E-state index in [-0.39, 0.29) is 23.4 Å². The van der Waals surface area contributed by atoms with Gasteiger partial charge in [0.15, 0.2) is 0 Å². The van der Waals surface area contributed by atoms with Gasteiger partial charge < -0.3 is 10.2 Å². The molecule has 7 nitrogen and oxygen atoms in total. The molecule has 0 unspecified atom stereocenters. The molecule has 0 aliphatic heterocycles. The number of halogens is 1. The van der Waals surface area contributed by atoms with Crippen LogP contribution in [0.15, 0.2) is 53.4 Å². The standard InChI is InChI=1S/C25H34ClN3O4S/c1-6-19(4)27-25(31)23(7-2)29(16-20-10-8-9-11-22(20)26)24(30)17-28(5)34(32,33)21-14-12-18(3)13-15-21/h8-15,19,23H,6-7,16-17H2,1-5H3,(H,27,31)/t19-,23+/m1/s1. The first-order chi connectivity index (χ1) is 16.0. The van der Waals surface area contributed by atoms with E-state index in [1.807, 2.05) is 27.7 Å². The van der Waals surface area contributed by atoms with Gasteiger partial charge in [-0.3, -0.25) is 9.59 Å². The minimum Gasteiger partial charge on any atom is -0.352 e. The fourth-order valence-electron chi connectivity index (χ4n) is 3.43. The predicted octanol–water partition coefficient (Wildman–Crippen LogP) is 3.99. The summed E-state index contributed by atoms with van der Waals surface area (Å²) in [6, 6.07) is 12.7. The van der Waals surface area contributed by atoms with Crippen LogP contribution in [0.25, 0.3) is 0 Å². The molecule has 0 radical (unpaired) electrons. The van der Waals surface area contributed by atoms with Crippen molar-refractivity contribution >= 4 is 33.4 Å². The average molecular weight is 508 g/mol. The largest absolute Gasteiger partial charge is 0.352 e. The van der Waals surface area contributed by atoms with Gasteiger partial charge in [-0.1, -0.05) is 61.3 Å². The van der Waals surface area contributed by atoms with Crippen LogP contribution >= 0.6 is 11.6 Å². The lowest BCUT2D eigenvalue weighted by Crippen LogP contribution is -2.53. The molecular weight excluding hydrogens is 474 g/mol. The molecule has 2 atom stereocenters. The van der Waals surface area contributed by atoms with E-state index < -0.39 is 28.5 Å². The first-order valence-corrected chi connectivity index (χ1v) is 13.2. The quantitative estimate of drug-likeness (QED) is 0.498. The van der Waals surface area contributed by atoms with E-state index in [9.17, 15) is 18.0 Å². The highest BCUT2D eigenvalue weighted by Crippen LogP contribution is 2.21. The molecule has 2 aromatic carbocycles. The maximum absolute atomic E-state index is 13.5. The first kappa shape index (κ1) is 27.8. The molecule has 0 fully saturated rings. The van der Waals surface area contributed by atoms with Crippen LogP contribution in [-0.4, -0.2) is 55.1 Å². The van der Waals surface area contributed by atoms with Gasteiger partial charge in [0.2, 0.25) is 21.8 Å². The van der Waals surface area contributed by atoms with E-state index in [4.69, 9.17) is 11.6 Å². The van der Waals surface area contributed by atoms with Crippen LogP contribution in [-0.2, 0) is 26.2 Å². The Kier molecular flexibility index (Phi) is 10.1. The second-order valence-corrected chi connectivity index (χ2v) is 10.9. The lowest BCUT2D eigenvalue weighted by atomic mass is 10.1. The summed E-state index contributed by atoms with van der Waals surface area (Å²) >= 11 is 6.33. The number of carbonyl (C=O) groups excluding carboxylic acids is 2. The van der Waals surface area contributed by atoms with Crippen molar-refractivity contribution in [2.45, 2.75) is 64.1 Å². The lowest BCUT2D eigenvalue weighted by molar-refractivity contribution is -0.141. The highest BCUT2D eigenvalue weighted by atomic mass is 35.5. The lowest BCUT2D eigenvalue weighted by Gasteiger charge is -2.32. The Bertz CT molecular complexity index is 1090. The van der Waals surface area contributed by atoms with E-state index in [0.717, 1.165) is 16.3 Å². The zero-order valence-corrected chi connectivity index (χ0v) is 22.0. The summed E-state index contributed by atoms with van der Waals surface area (Å²) in [6.07, 6.45) is 1.12. The van der Waals surface area contributed by atoms with Crippen LogP contribution < -0.4 is 5.32 Å². The molecule has 0 bridgehead atoms. The zero-order valence-electron chi connectivity index (χ0n) is 20.4. The maximum Gasteiger partial charge on any atom is 0.243 e. The Morgan fingerprint density at radius 1 is 1.03 bits per heavy atom. The normalized spacial score (nSPS) is 13.4. The van der Waals surface area contributed by atoms with Gasteiger partial charge in [0.1, 0.15) is 6.04 Å². The Morgan fingerprint density at radius 3 is 2.21 bits per heavy atom. The summed E-state index contributed by atoms with van der Waals surface area (Å²) in [5, 5.41) is 3.40. The number of aryl methyl sites for hydroxylation is 1. The third-order valence-electron chi connectivity index (χ3n) is 5.77. The highest BCUT2D eigenvalue weighted by molar-refractivity contribution is 7.89. The third kappa shape index (κ3) is 7.04. The summed E-state index contributed by atoms with van der Waals surface area (Å²) in [6.45, 7) is 7.22. The molecule has 9 heteroatoms. The van der Waals surface area contributed by atoms with Gasteiger partial charge in [-0.25, -0.2) is 8.42 Å². The zero-order chi connectivity index (χ0) is 25.5. The molecule has 2 aromatic rings. The van der Waals surface area contributed by atoms with E-state index in [2.05, 4.69) is 5.32 Å². The van der Waals surface area contributed by atoms with Gasteiger partial charge in [-0.2, -0.15) is 4.31 Å². The molecular formula is C25H34ClN3O4S. The number of hydrogen-bond donors (Lipinski definition) is 1. The molecule has 1 N–H and O–H groups in total. The minimum absolute atomic E-state index is 0.0524. The van der Waals surface area contributed by atoms with Gasteiger partial charge in [-0.05, 0) is 50.5 Å². The number of rotatable bonds is 11. The monoisotopic (exact) mass is 507 g/mol. The Morgan fingerprint density at radius 2 is 1.65 bits per heavy atom. The molecule has 0 aliphatic carbocycles. The molecule has 0 heterocycles. The minimum atomic E-state index is -3.88. The van der Waals surface area contributed by atoms with Crippen LogP contribution in [0.1, 0.15) is 44.7 Å². The number of carbonyl (C=O) groups is 2. The van der Waals surface area contributed by atoms with Crippen molar-refractivity contribution in [1.82, 2.24) is 14.5 Å². The summed E-state index contributed by atoms with van der Waals surface area (Å²) in [5.41, 5.74) is 1.61. The third-order valence-corrected chi connectivity index (χ3v) is 7.96. The number of sulfonamides is 1.